The molecule has 2 aromatic heterocycles. The van der Waals surface area contributed by atoms with Gasteiger partial charge in [0.25, 0.3) is 0 Å². The average Bonchev–Trinajstić information content (AvgIpc) is 2.79. The second kappa shape index (κ2) is 8.58. The number of carbonyl (C=O) groups excluding carboxylic acids is 1. The second-order valence-corrected chi connectivity index (χ2v) is 6.52. The number of hydrogen-bond donors (Lipinski definition) is 2. The Morgan fingerprint density at radius 1 is 1.13 bits per heavy atom. The Hall–Kier alpha value is -4.33. The van der Waals surface area contributed by atoms with Crippen LogP contribution >= 0.6 is 0 Å². The number of rotatable bonds is 6. The van der Waals surface area contributed by atoms with Crippen LogP contribution in [0, 0.1) is 5.82 Å². The molecule has 154 valence electrons. The number of anilines is 3. The molecule has 0 radical (unpaired) electrons. The SMILES string of the molecule is C=CC(=O)Nc1cc2c(Nc3ccnc(-c4ccccc4F)c3)ncnc2cc1OC. The topological polar surface area (TPSA) is 89.0 Å². The van der Waals surface area contributed by atoms with Gasteiger partial charge >= 0.3 is 0 Å². The lowest BCUT2D eigenvalue weighted by atomic mass is 10.1. The summed E-state index contributed by atoms with van der Waals surface area (Å²) in [4.78, 5) is 24.7. The summed E-state index contributed by atoms with van der Waals surface area (Å²) in [6.45, 7) is 3.46. The van der Waals surface area contributed by atoms with Crippen molar-refractivity contribution in [1.29, 1.82) is 0 Å². The first kappa shape index (κ1) is 20.0. The van der Waals surface area contributed by atoms with Crippen LogP contribution in [0.1, 0.15) is 0 Å². The molecule has 0 aliphatic rings. The summed E-state index contributed by atoms with van der Waals surface area (Å²) >= 11 is 0. The van der Waals surface area contributed by atoms with Gasteiger partial charge < -0.3 is 15.4 Å². The third-order valence-corrected chi connectivity index (χ3v) is 4.57. The van der Waals surface area contributed by atoms with E-state index >= 15 is 0 Å². The first-order valence-corrected chi connectivity index (χ1v) is 9.33. The van der Waals surface area contributed by atoms with Gasteiger partial charge in [-0.05, 0) is 36.4 Å². The van der Waals surface area contributed by atoms with Crippen molar-refractivity contribution in [2.24, 2.45) is 0 Å². The Morgan fingerprint density at radius 2 is 1.97 bits per heavy atom. The van der Waals surface area contributed by atoms with Gasteiger partial charge in [0.05, 0.1) is 24.0 Å². The quantitative estimate of drug-likeness (QED) is 0.444. The predicted octanol–water partition coefficient (Wildman–Crippen LogP) is 4.71. The first-order chi connectivity index (χ1) is 15.1. The number of carbonyl (C=O) groups is 1. The number of methoxy groups -OCH3 is 1. The molecule has 2 N–H and O–H groups in total. The van der Waals surface area contributed by atoms with Crippen molar-refractivity contribution in [2.75, 3.05) is 17.7 Å². The molecule has 31 heavy (non-hydrogen) atoms. The van der Waals surface area contributed by atoms with Crippen molar-refractivity contribution >= 4 is 34.0 Å². The van der Waals surface area contributed by atoms with Crippen LogP contribution in [0.3, 0.4) is 0 Å². The van der Waals surface area contributed by atoms with Crippen LogP contribution in [0.15, 0.2) is 73.7 Å². The molecule has 0 atom stereocenters. The molecule has 0 aliphatic carbocycles. The van der Waals surface area contributed by atoms with Crippen LogP contribution in [-0.2, 0) is 4.79 Å². The Morgan fingerprint density at radius 3 is 2.74 bits per heavy atom. The Kier molecular flexibility index (Phi) is 5.53. The van der Waals surface area contributed by atoms with Crippen LogP contribution in [0.4, 0.5) is 21.6 Å². The fourth-order valence-corrected chi connectivity index (χ4v) is 3.10. The molecule has 0 unspecified atom stereocenters. The number of ether oxygens (including phenoxy) is 1. The van der Waals surface area contributed by atoms with Crippen LogP contribution < -0.4 is 15.4 Å². The maximum Gasteiger partial charge on any atom is 0.247 e. The summed E-state index contributed by atoms with van der Waals surface area (Å²) in [7, 11) is 1.51. The van der Waals surface area contributed by atoms with Gasteiger partial charge in [0.15, 0.2) is 0 Å². The van der Waals surface area contributed by atoms with Gasteiger partial charge in [0, 0.05) is 28.9 Å². The molecule has 4 aromatic rings. The first-order valence-electron chi connectivity index (χ1n) is 9.33. The maximum absolute atomic E-state index is 14.2. The largest absolute Gasteiger partial charge is 0.494 e. The predicted molar refractivity (Wildman–Crippen MR) is 118 cm³/mol. The lowest BCUT2D eigenvalue weighted by Gasteiger charge is -2.13. The monoisotopic (exact) mass is 415 g/mol. The molecule has 1 amide bonds. The normalized spacial score (nSPS) is 10.5. The summed E-state index contributed by atoms with van der Waals surface area (Å²) in [5, 5.41) is 6.59. The highest BCUT2D eigenvalue weighted by molar-refractivity contribution is 6.03. The number of nitrogens with one attached hydrogen (secondary N) is 2. The Labute approximate surface area is 177 Å². The van der Waals surface area contributed by atoms with Crippen molar-refractivity contribution in [3.63, 3.8) is 0 Å². The molecule has 7 nitrogen and oxygen atoms in total. The van der Waals surface area contributed by atoms with Gasteiger partial charge in [-0.25, -0.2) is 14.4 Å². The van der Waals surface area contributed by atoms with E-state index in [0.717, 1.165) is 0 Å². The van der Waals surface area contributed by atoms with E-state index in [2.05, 4.69) is 32.2 Å². The van der Waals surface area contributed by atoms with Gasteiger partial charge in [-0.1, -0.05) is 18.7 Å². The van der Waals surface area contributed by atoms with E-state index < -0.39 is 0 Å². The summed E-state index contributed by atoms with van der Waals surface area (Å²) in [5.41, 5.74) is 2.63. The average molecular weight is 415 g/mol. The number of aromatic nitrogens is 3. The minimum absolute atomic E-state index is 0.352. The zero-order valence-corrected chi connectivity index (χ0v) is 16.6. The van der Waals surface area contributed by atoms with Gasteiger partial charge in [-0.2, -0.15) is 0 Å². The van der Waals surface area contributed by atoms with E-state index in [-0.39, 0.29) is 11.7 Å². The van der Waals surface area contributed by atoms with Crippen molar-refractivity contribution in [3.8, 4) is 17.0 Å². The number of pyridine rings is 1. The molecular formula is C23H18FN5O2. The number of hydrogen-bond acceptors (Lipinski definition) is 6. The second-order valence-electron chi connectivity index (χ2n) is 6.52. The fraction of sp³-hybridized carbons (Fsp3) is 0.0435. The highest BCUT2D eigenvalue weighted by Crippen LogP contribution is 2.33. The highest BCUT2D eigenvalue weighted by atomic mass is 19.1. The highest BCUT2D eigenvalue weighted by Gasteiger charge is 2.13. The number of nitrogens with zero attached hydrogens (tertiary/aromatic N) is 3. The molecule has 2 heterocycles. The molecular weight excluding hydrogens is 397 g/mol. The summed E-state index contributed by atoms with van der Waals surface area (Å²) < 4.78 is 19.5. The van der Waals surface area contributed by atoms with Gasteiger partial charge in [-0.3, -0.25) is 9.78 Å². The van der Waals surface area contributed by atoms with E-state index in [1.54, 1.807) is 48.7 Å². The molecule has 2 aromatic carbocycles. The third kappa shape index (κ3) is 4.18. The number of fused-ring (bicyclic) bond motifs is 1. The molecule has 0 saturated carbocycles. The van der Waals surface area contributed by atoms with Crippen molar-refractivity contribution < 1.29 is 13.9 Å². The fourth-order valence-electron chi connectivity index (χ4n) is 3.10. The van der Waals surface area contributed by atoms with Crippen LogP contribution in [0.25, 0.3) is 22.2 Å². The number of amides is 1. The lowest BCUT2D eigenvalue weighted by molar-refractivity contribution is -0.111. The van der Waals surface area contributed by atoms with Crippen molar-refractivity contribution in [2.45, 2.75) is 0 Å². The van der Waals surface area contributed by atoms with E-state index in [0.29, 0.717) is 45.1 Å². The van der Waals surface area contributed by atoms with Crippen LogP contribution in [0.5, 0.6) is 5.75 Å². The van der Waals surface area contributed by atoms with E-state index in [1.165, 1.54) is 25.6 Å². The molecule has 0 saturated heterocycles. The molecule has 4 rings (SSSR count). The molecule has 8 heteroatoms. The Balaban J connectivity index is 1.74. The summed E-state index contributed by atoms with van der Waals surface area (Å²) in [6.07, 6.45) is 4.18. The molecule has 0 bridgehead atoms. The van der Waals surface area contributed by atoms with Crippen molar-refractivity contribution in [3.05, 3.63) is 79.5 Å². The zero-order valence-electron chi connectivity index (χ0n) is 16.6. The molecule has 0 spiro atoms. The smallest absolute Gasteiger partial charge is 0.247 e. The van der Waals surface area contributed by atoms with Crippen LogP contribution in [-0.4, -0.2) is 28.0 Å². The standard InChI is InChI=1S/C23H18FN5O2/c1-3-22(30)29-20-11-16-19(12-21(20)31-2)26-13-27-23(16)28-14-8-9-25-18(10-14)15-6-4-5-7-17(15)24/h3-13H,1H2,2H3,(H,29,30)(H,25,26,27,28). The number of halogens is 1. The third-order valence-electron chi connectivity index (χ3n) is 4.57. The van der Waals surface area contributed by atoms with Crippen molar-refractivity contribution in [1.82, 2.24) is 15.0 Å². The van der Waals surface area contributed by atoms with E-state index in [1.807, 2.05) is 0 Å². The minimum atomic E-state index is -0.368. The van der Waals surface area contributed by atoms with Crippen LogP contribution in [0.2, 0.25) is 0 Å². The summed E-state index contributed by atoms with van der Waals surface area (Å²) in [5.74, 6) is 0.243. The summed E-state index contributed by atoms with van der Waals surface area (Å²) in [6, 6.07) is 13.4. The molecule has 0 aliphatic heterocycles. The van der Waals surface area contributed by atoms with E-state index in [4.69, 9.17) is 4.74 Å². The van der Waals surface area contributed by atoms with E-state index in [9.17, 15) is 9.18 Å². The number of benzene rings is 2. The lowest BCUT2D eigenvalue weighted by Crippen LogP contribution is -2.09. The van der Waals surface area contributed by atoms with Gasteiger partial charge in [0.2, 0.25) is 5.91 Å². The minimum Gasteiger partial charge on any atom is -0.494 e. The van der Waals surface area contributed by atoms with Gasteiger partial charge in [-0.15, -0.1) is 0 Å². The maximum atomic E-state index is 14.2. The Bertz CT molecular complexity index is 1290. The molecule has 0 fully saturated rings. The zero-order chi connectivity index (χ0) is 21.8. The van der Waals surface area contributed by atoms with Gasteiger partial charge in [0.1, 0.15) is 23.7 Å².